The first-order valence-electron chi connectivity index (χ1n) is 5.28. The van der Waals surface area contributed by atoms with Gasteiger partial charge in [-0.1, -0.05) is 34.7 Å². The maximum absolute atomic E-state index is 12.7. The fraction of sp³-hybridized carbons (Fsp3) is 0.500. The van der Waals surface area contributed by atoms with Gasteiger partial charge in [-0.05, 0) is 24.6 Å². The van der Waals surface area contributed by atoms with Crippen LogP contribution in [0.25, 0.3) is 0 Å². The second-order valence-electron chi connectivity index (χ2n) is 3.26. The van der Waals surface area contributed by atoms with Crippen LogP contribution < -0.4 is 0 Å². The zero-order valence-electron chi connectivity index (χ0n) is 9.29. The van der Waals surface area contributed by atoms with Gasteiger partial charge in [-0.2, -0.15) is 0 Å². The predicted octanol–water partition coefficient (Wildman–Crippen LogP) is 3.35. The number of rotatable bonds is 7. The molecule has 0 amide bonds. The Hall–Kier alpha value is -0.200. The van der Waals surface area contributed by atoms with Gasteiger partial charge in [0.2, 0.25) is 0 Å². The summed E-state index contributed by atoms with van der Waals surface area (Å²) < 4.78 is 24.4. The van der Waals surface area contributed by atoms with Crippen LogP contribution in [-0.2, 0) is 9.47 Å². The molecule has 1 unspecified atom stereocenters. The third kappa shape index (κ3) is 4.76. The zero-order chi connectivity index (χ0) is 11.8. The van der Waals surface area contributed by atoms with E-state index in [1.54, 1.807) is 12.1 Å². The fourth-order valence-corrected chi connectivity index (χ4v) is 2.06. The second kappa shape index (κ2) is 7.97. The molecule has 0 saturated heterocycles. The normalized spacial score (nSPS) is 12.7. The van der Waals surface area contributed by atoms with Crippen molar-refractivity contribution in [3.63, 3.8) is 0 Å². The van der Waals surface area contributed by atoms with Crippen LogP contribution in [0.4, 0.5) is 4.39 Å². The molecule has 0 bridgehead atoms. The average molecular weight is 338 g/mol. The molecule has 0 fully saturated rings. The van der Waals surface area contributed by atoms with E-state index in [4.69, 9.17) is 9.47 Å². The average Bonchev–Trinajstić information content (AvgIpc) is 2.31. The summed E-state index contributed by atoms with van der Waals surface area (Å²) in [6.07, 6.45) is 0.0154. The van der Waals surface area contributed by atoms with Crippen molar-refractivity contribution in [2.75, 3.05) is 24.2 Å². The summed E-state index contributed by atoms with van der Waals surface area (Å²) >= 11 is 2.26. The number of alkyl halides is 1. The Bertz CT molecular complexity index is 290. The molecule has 2 nitrogen and oxygen atoms in total. The third-order valence-electron chi connectivity index (χ3n) is 2.13. The van der Waals surface area contributed by atoms with E-state index in [1.807, 2.05) is 6.92 Å². The lowest BCUT2D eigenvalue weighted by Gasteiger charge is -2.15. The first-order chi connectivity index (χ1) is 7.77. The Morgan fingerprint density at radius 2 is 1.94 bits per heavy atom. The molecule has 4 heteroatoms. The molecule has 0 heterocycles. The fourth-order valence-electron chi connectivity index (χ4n) is 1.30. The van der Waals surface area contributed by atoms with E-state index in [2.05, 4.69) is 22.6 Å². The van der Waals surface area contributed by atoms with E-state index < -0.39 is 0 Å². The van der Waals surface area contributed by atoms with E-state index in [0.29, 0.717) is 19.8 Å². The number of benzene rings is 1. The van der Waals surface area contributed by atoms with Crippen LogP contribution in [0.5, 0.6) is 0 Å². The van der Waals surface area contributed by atoms with Gasteiger partial charge in [0.1, 0.15) is 5.82 Å². The molecule has 0 spiro atoms. The summed E-state index contributed by atoms with van der Waals surface area (Å²) in [5.41, 5.74) is 1.01. The highest BCUT2D eigenvalue weighted by molar-refractivity contribution is 14.1. The summed E-state index contributed by atoms with van der Waals surface area (Å²) in [4.78, 5) is 0. The molecule has 0 aliphatic carbocycles. The van der Waals surface area contributed by atoms with Gasteiger partial charge in [-0.15, -0.1) is 0 Å². The molecule has 0 aromatic heterocycles. The minimum Gasteiger partial charge on any atom is -0.379 e. The highest BCUT2D eigenvalue weighted by Gasteiger charge is 2.10. The molecule has 1 atom stereocenters. The minimum atomic E-state index is -0.217. The van der Waals surface area contributed by atoms with E-state index in [9.17, 15) is 4.39 Å². The van der Waals surface area contributed by atoms with Crippen molar-refractivity contribution in [3.05, 3.63) is 35.6 Å². The van der Waals surface area contributed by atoms with Gasteiger partial charge in [0.25, 0.3) is 0 Å². The monoisotopic (exact) mass is 338 g/mol. The van der Waals surface area contributed by atoms with Crippen LogP contribution >= 0.6 is 22.6 Å². The van der Waals surface area contributed by atoms with Crippen LogP contribution in [0.15, 0.2) is 24.3 Å². The highest BCUT2D eigenvalue weighted by atomic mass is 127. The number of ether oxygens (including phenoxy) is 2. The van der Waals surface area contributed by atoms with Crippen molar-refractivity contribution < 1.29 is 13.9 Å². The summed E-state index contributed by atoms with van der Waals surface area (Å²) in [7, 11) is 0. The van der Waals surface area contributed by atoms with E-state index in [-0.39, 0.29) is 11.9 Å². The lowest BCUT2D eigenvalue weighted by atomic mass is 10.1. The van der Waals surface area contributed by atoms with Crippen molar-refractivity contribution in [3.8, 4) is 0 Å². The zero-order valence-corrected chi connectivity index (χ0v) is 11.4. The van der Waals surface area contributed by atoms with Crippen LogP contribution in [0.1, 0.15) is 18.6 Å². The van der Waals surface area contributed by atoms with Crippen LogP contribution in [0.3, 0.4) is 0 Å². The Labute approximate surface area is 109 Å². The predicted molar refractivity (Wildman–Crippen MR) is 70.5 cm³/mol. The molecular weight excluding hydrogens is 322 g/mol. The van der Waals surface area contributed by atoms with Gasteiger partial charge in [0.05, 0.1) is 19.3 Å². The first-order valence-corrected chi connectivity index (χ1v) is 6.81. The molecule has 1 aromatic rings. The van der Waals surface area contributed by atoms with Gasteiger partial charge in [0, 0.05) is 11.0 Å². The van der Waals surface area contributed by atoms with E-state index >= 15 is 0 Å². The number of hydrogen-bond acceptors (Lipinski definition) is 2. The smallest absolute Gasteiger partial charge is 0.123 e. The van der Waals surface area contributed by atoms with Crippen molar-refractivity contribution in [1.29, 1.82) is 0 Å². The maximum Gasteiger partial charge on any atom is 0.123 e. The lowest BCUT2D eigenvalue weighted by molar-refractivity contribution is 0.0178. The summed E-state index contributed by atoms with van der Waals surface area (Å²) in [6, 6.07) is 6.44. The Balaban J connectivity index is 2.44. The minimum absolute atomic E-state index is 0.0154. The molecule has 1 rings (SSSR count). The molecule has 0 aliphatic heterocycles. The Kier molecular flexibility index (Phi) is 6.91. The topological polar surface area (TPSA) is 18.5 Å². The molecule has 1 aromatic carbocycles. The molecular formula is C12H16FIO2. The molecule has 0 radical (unpaired) electrons. The van der Waals surface area contributed by atoms with Gasteiger partial charge < -0.3 is 9.47 Å². The maximum atomic E-state index is 12.7. The van der Waals surface area contributed by atoms with Crippen LogP contribution in [-0.4, -0.2) is 24.2 Å². The number of hydrogen-bond donors (Lipinski definition) is 0. The van der Waals surface area contributed by atoms with Crippen molar-refractivity contribution in [1.82, 2.24) is 0 Å². The summed E-state index contributed by atoms with van der Waals surface area (Å²) in [5, 5.41) is 0. The SMILES string of the molecule is CCOCCOC(CI)c1ccc(F)cc1. The standard InChI is InChI=1S/C12H16FIO2/c1-2-15-7-8-16-12(9-14)10-3-5-11(13)6-4-10/h3-6,12H,2,7-9H2,1H3. The highest BCUT2D eigenvalue weighted by Crippen LogP contribution is 2.20. The quantitative estimate of drug-likeness (QED) is 0.431. The summed E-state index contributed by atoms with van der Waals surface area (Å²) in [6.45, 7) is 3.83. The van der Waals surface area contributed by atoms with Crippen LogP contribution in [0, 0.1) is 5.82 Å². The van der Waals surface area contributed by atoms with Crippen molar-refractivity contribution >= 4 is 22.6 Å². The molecule has 0 saturated carbocycles. The molecule has 16 heavy (non-hydrogen) atoms. The summed E-state index contributed by atoms with van der Waals surface area (Å²) in [5.74, 6) is -0.217. The number of halogens is 2. The first kappa shape index (κ1) is 13.9. The van der Waals surface area contributed by atoms with Gasteiger partial charge >= 0.3 is 0 Å². The van der Waals surface area contributed by atoms with Crippen molar-refractivity contribution in [2.24, 2.45) is 0 Å². The van der Waals surface area contributed by atoms with E-state index in [0.717, 1.165) is 9.99 Å². The van der Waals surface area contributed by atoms with Crippen LogP contribution in [0.2, 0.25) is 0 Å². The van der Waals surface area contributed by atoms with Gasteiger partial charge in [0.15, 0.2) is 0 Å². The molecule has 0 aliphatic rings. The van der Waals surface area contributed by atoms with Gasteiger partial charge in [-0.3, -0.25) is 0 Å². The lowest BCUT2D eigenvalue weighted by Crippen LogP contribution is -2.11. The molecule has 90 valence electrons. The van der Waals surface area contributed by atoms with Crippen molar-refractivity contribution in [2.45, 2.75) is 13.0 Å². The Morgan fingerprint density at radius 3 is 2.50 bits per heavy atom. The Morgan fingerprint density at radius 1 is 1.25 bits per heavy atom. The van der Waals surface area contributed by atoms with E-state index in [1.165, 1.54) is 12.1 Å². The third-order valence-corrected chi connectivity index (χ3v) is 2.93. The second-order valence-corrected chi connectivity index (χ2v) is 4.14. The molecule has 0 N–H and O–H groups in total. The largest absolute Gasteiger partial charge is 0.379 e. The van der Waals surface area contributed by atoms with Gasteiger partial charge in [-0.25, -0.2) is 4.39 Å².